The Bertz CT molecular complexity index is 1480. The van der Waals surface area contributed by atoms with Crippen molar-refractivity contribution in [2.75, 3.05) is 6.54 Å². The number of carboxylic acid groups (broad SMARTS) is 1. The molecular formula is C31H48N10O7. The zero-order valence-corrected chi connectivity index (χ0v) is 27.8. The highest BCUT2D eigenvalue weighted by Crippen LogP contribution is 2.19. The van der Waals surface area contributed by atoms with Gasteiger partial charge in [-0.25, -0.2) is 4.79 Å². The maximum absolute atomic E-state index is 13.4. The van der Waals surface area contributed by atoms with Gasteiger partial charge in [-0.15, -0.1) is 0 Å². The van der Waals surface area contributed by atoms with Gasteiger partial charge in [-0.2, -0.15) is 0 Å². The lowest BCUT2D eigenvalue weighted by Gasteiger charge is -2.26. The zero-order valence-electron chi connectivity index (χ0n) is 27.8. The van der Waals surface area contributed by atoms with E-state index < -0.39 is 77.7 Å². The highest BCUT2D eigenvalue weighted by atomic mass is 16.4. The second-order valence-corrected chi connectivity index (χ2v) is 12.0. The number of benzene rings is 1. The molecule has 0 aliphatic rings. The standard InChI is InChI=1S/C31H48N10O7/c1-15(2)24(29(46)38-17(4)26(43)39-22(30(47)48)11-8-12-35-31(33)34)41-27(44)18(5)37-28(45)23(40-25(42)16(3)32)13-19-14-36-21-10-7-6-9-20(19)21/h6-7,9-10,14-18,22-24,36H,8,11-13,32H2,1-5H3,(H,37,45)(H,38,46)(H,39,43)(H,40,42)(H,41,44)(H,47,48)(H4,33,34,35)/t16-,17-,18-,22-,23-,24-/m0/s1. The van der Waals surface area contributed by atoms with Crippen molar-refractivity contribution in [2.24, 2.45) is 28.1 Å². The van der Waals surface area contributed by atoms with Crippen LogP contribution in [-0.4, -0.2) is 94.4 Å². The van der Waals surface area contributed by atoms with Crippen molar-refractivity contribution in [3.63, 3.8) is 0 Å². The topological polar surface area (TPSA) is 289 Å². The van der Waals surface area contributed by atoms with Crippen LogP contribution in [-0.2, 0) is 35.2 Å². The fourth-order valence-corrected chi connectivity index (χ4v) is 4.65. The van der Waals surface area contributed by atoms with Gasteiger partial charge in [0.2, 0.25) is 29.5 Å². The minimum Gasteiger partial charge on any atom is -0.480 e. The van der Waals surface area contributed by atoms with Gasteiger partial charge in [-0.3, -0.25) is 29.0 Å². The number of hydrogen-bond acceptors (Lipinski definition) is 8. The molecule has 0 aliphatic carbocycles. The molecule has 0 saturated carbocycles. The van der Waals surface area contributed by atoms with E-state index in [1.54, 1.807) is 20.0 Å². The van der Waals surface area contributed by atoms with E-state index in [1.165, 1.54) is 20.8 Å². The summed E-state index contributed by atoms with van der Waals surface area (Å²) in [4.78, 5) is 83.4. The number of nitrogens with zero attached hydrogens (tertiary/aromatic N) is 1. The number of aromatic nitrogens is 1. The molecule has 0 fully saturated rings. The van der Waals surface area contributed by atoms with Crippen LogP contribution in [0.3, 0.4) is 0 Å². The lowest BCUT2D eigenvalue weighted by atomic mass is 10.0. The molecule has 0 aliphatic heterocycles. The lowest BCUT2D eigenvalue weighted by molar-refractivity contribution is -0.142. The van der Waals surface area contributed by atoms with Gasteiger partial charge in [-0.1, -0.05) is 32.0 Å². The van der Waals surface area contributed by atoms with Gasteiger partial charge < -0.3 is 53.9 Å². The predicted molar refractivity (Wildman–Crippen MR) is 179 cm³/mol. The van der Waals surface area contributed by atoms with Crippen LogP contribution in [0.4, 0.5) is 0 Å². The number of para-hydroxylation sites is 1. The van der Waals surface area contributed by atoms with Crippen molar-refractivity contribution in [3.05, 3.63) is 36.0 Å². The summed E-state index contributed by atoms with van der Waals surface area (Å²) in [7, 11) is 0. The molecule has 0 bridgehead atoms. The number of carbonyl (C=O) groups excluding carboxylic acids is 5. The van der Waals surface area contributed by atoms with Crippen LogP contribution in [0.25, 0.3) is 10.9 Å². The Morgan fingerprint density at radius 3 is 1.96 bits per heavy atom. The average molecular weight is 673 g/mol. The molecule has 13 N–H and O–H groups in total. The van der Waals surface area contributed by atoms with Crippen LogP contribution < -0.4 is 43.8 Å². The number of aliphatic carboxylic acids is 1. The summed E-state index contributed by atoms with van der Waals surface area (Å²) in [6, 6.07) is 0.890. The quantitative estimate of drug-likeness (QED) is 0.0487. The lowest BCUT2D eigenvalue weighted by Crippen LogP contribution is -2.59. The first kappa shape index (κ1) is 39.0. The molecule has 5 amide bonds. The molecule has 264 valence electrons. The van der Waals surface area contributed by atoms with Crippen LogP contribution in [0.1, 0.15) is 53.0 Å². The van der Waals surface area contributed by atoms with E-state index in [0.29, 0.717) is 0 Å². The second-order valence-electron chi connectivity index (χ2n) is 12.0. The maximum atomic E-state index is 13.4. The normalized spacial score (nSPS) is 14.8. The number of aliphatic imine (C=N–C) groups is 1. The van der Waals surface area contributed by atoms with Gasteiger partial charge in [0.05, 0.1) is 6.04 Å². The number of nitrogens with one attached hydrogen (secondary N) is 6. The van der Waals surface area contributed by atoms with E-state index >= 15 is 0 Å². The Labute approximate surface area is 278 Å². The Hall–Kier alpha value is -5.19. The van der Waals surface area contributed by atoms with Crippen LogP contribution in [0.15, 0.2) is 35.5 Å². The summed E-state index contributed by atoms with van der Waals surface area (Å²) < 4.78 is 0. The van der Waals surface area contributed by atoms with Crippen LogP contribution in [0.2, 0.25) is 0 Å². The molecule has 17 nitrogen and oxygen atoms in total. The molecule has 0 unspecified atom stereocenters. The number of rotatable bonds is 18. The number of aromatic amines is 1. The molecule has 1 heterocycles. The van der Waals surface area contributed by atoms with Crippen molar-refractivity contribution in [1.82, 2.24) is 31.6 Å². The molecule has 0 saturated heterocycles. The summed E-state index contributed by atoms with van der Waals surface area (Å²) in [5.74, 6) is -5.17. The number of nitrogens with two attached hydrogens (primary N) is 3. The summed E-state index contributed by atoms with van der Waals surface area (Å²) in [5.41, 5.74) is 17.9. The fraction of sp³-hybridized carbons (Fsp3) is 0.516. The Morgan fingerprint density at radius 2 is 1.38 bits per heavy atom. The monoisotopic (exact) mass is 672 g/mol. The zero-order chi connectivity index (χ0) is 36.1. The first-order chi connectivity index (χ1) is 22.5. The summed E-state index contributed by atoms with van der Waals surface area (Å²) >= 11 is 0. The van der Waals surface area contributed by atoms with E-state index in [-0.39, 0.29) is 31.8 Å². The third-order valence-electron chi connectivity index (χ3n) is 7.46. The molecule has 6 atom stereocenters. The third kappa shape index (κ3) is 11.9. The van der Waals surface area contributed by atoms with Gasteiger partial charge in [0.15, 0.2) is 5.96 Å². The average Bonchev–Trinajstić information content (AvgIpc) is 3.42. The number of carboxylic acids is 1. The molecule has 1 aromatic carbocycles. The predicted octanol–water partition coefficient (Wildman–Crippen LogP) is -1.68. The Kier molecular flexibility index (Phi) is 14.8. The SMILES string of the molecule is CC(C)[C@H](NC(=O)[C@H](C)NC(=O)[C@H](Cc1c[nH]c2ccccc12)NC(=O)[C@H](C)N)C(=O)N[C@@H](C)C(=O)N[C@@H](CCCN=C(N)N)C(=O)O. The number of guanidine groups is 1. The molecule has 17 heteroatoms. The molecule has 48 heavy (non-hydrogen) atoms. The van der Waals surface area contributed by atoms with Gasteiger partial charge in [0.25, 0.3) is 0 Å². The molecular weight excluding hydrogens is 624 g/mol. The van der Waals surface area contributed by atoms with E-state index in [0.717, 1.165) is 16.5 Å². The highest BCUT2D eigenvalue weighted by molar-refractivity contribution is 5.96. The first-order valence-electron chi connectivity index (χ1n) is 15.6. The van der Waals surface area contributed by atoms with E-state index in [1.807, 2.05) is 24.3 Å². The minimum atomic E-state index is -1.27. The number of H-pyrrole nitrogens is 1. The van der Waals surface area contributed by atoms with Crippen LogP contribution >= 0.6 is 0 Å². The van der Waals surface area contributed by atoms with Gasteiger partial charge in [0, 0.05) is 30.1 Å². The van der Waals surface area contributed by atoms with E-state index in [2.05, 4.69) is 36.6 Å². The second kappa shape index (κ2) is 18.2. The van der Waals surface area contributed by atoms with Crippen molar-refractivity contribution in [3.8, 4) is 0 Å². The highest BCUT2D eigenvalue weighted by Gasteiger charge is 2.31. The number of amides is 5. The van der Waals surface area contributed by atoms with Crippen molar-refractivity contribution in [1.29, 1.82) is 0 Å². The summed E-state index contributed by atoms with van der Waals surface area (Å²) in [5, 5.41) is 23.1. The largest absolute Gasteiger partial charge is 0.480 e. The third-order valence-corrected chi connectivity index (χ3v) is 7.46. The molecule has 2 aromatic rings. The number of carbonyl (C=O) groups is 6. The Morgan fingerprint density at radius 1 is 0.792 bits per heavy atom. The minimum absolute atomic E-state index is 0.0460. The summed E-state index contributed by atoms with van der Waals surface area (Å²) in [6.45, 7) is 7.81. The van der Waals surface area contributed by atoms with Gasteiger partial charge in [0.1, 0.15) is 30.2 Å². The molecule has 1 aromatic heterocycles. The van der Waals surface area contributed by atoms with Crippen molar-refractivity contribution in [2.45, 2.75) is 90.1 Å². The Balaban J connectivity index is 2.05. The van der Waals surface area contributed by atoms with Gasteiger partial charge in [-0.05, 0) is 51.2 Å². The van der Waals surface area contributed by atoms with E-state index in [4.69, 9.17) is 17.2 Å². The van der Waals surface area contributed by atoms with Gasteiger partial charge >= 0.3 is 5.97 Å². The smallest absolute Gasteiger partial charge is 0.326 e. The van der Waals surface area contributed by atoms with Crippen LogP contribution in [0.5, 0.6) is 0 Å². The van der Waals surface area contributed by atoms with Crippen molar-refractivity contribution < 1.29 is 33.9 Å². The fourth-order valence-electron chi connectivity index (χ4n) is 4.65. The molecule has 0 radical (unpaired) electrons. The first-order valence-corrected chi connectivity index (χ1v) is 15.6. The van der Waals surface area contributed by atoms with E-state index in [9.17, 15) is 33.9 Å². The molecule has 2 rings (SSSR count). The van der Waals surface area contributed by atoms with Crippen molar-refractivity contribution >= 4 is 52.4 Å². The number of fused-ring (bicyclic) bond motifs is 1. The van der Waals surface area contributed by atoms with Crippen LogP contribution in [0, 0.1) is 5.92 Å². The number of hydrogen-bond donors (Lipinski definition) is 10. The summed E-state index contributed by atoms with van der Waals surface area (Å²) in [6.07, 6.45) is 2.18. The molecule has 0 spiro atoms. The maximum Gasteiger partial charge on any atom is 0.326 e.